The lowest BCUT2D eigenvalue weighted by atomic mass is 10.1. The molecule has 2 aromatic rings. The molecule has 1 fully saturated rings. The van der Waals surface area contributed by atoms with Gasteiger partial charge in [0.05, 0.1) is 18.3 Å². The second kappa shape index (κ2) is 8.88. The maximum atomic E-state index is 13.4. The van der Waals surface area contributed by atoms with Gasteiger partial charge in [-0.05, 0) is 43.3 Å². The minimum absolute atomic E-state index is 0.00401. The highest BCUT2D eigenvalue weighted by atomic mass is 32.1. The van der Waals surface area contributed by atoms with Crippen LogP contribution in [0.5, 0.6) is 0 Å². The van der Waals surface area contributed by atoms with E-state index in [0.29, 0.717) is 25.2 Å². The van der Waals surface area contributed by atoms with Gasteiger partial charge in [-0.15, -0.1) is 11.3 Å². The summed E-state index contributed by atoms with van der Waals surface area (Å²) in [5.74, 6) is -0.108. The van der Waals surface area contributed by atoms with Crippen LogP contribution in [-0.2, 0) is 20.9 Å². The summed E-state index contributed by atoms with van der Waals surface area (Å²) in [6.07, 6.45) is 2.39. The number of para-hydroxylation sites is 1. The minimum Gasteiger partial charge on any atom is -0.376 e. The van der Waals surface area contributed by atoms with Crippen LogP contribution in [0.25, 0.3) is 0 Å². The SMILES string of the molecule is CC(=O)C1CC(C(=O)N(Cc2cccs2)CC2CCCO2)=NN1c1ccccc1. The first-order chi connectivity index (χ1) is 14.1. The van der Waals surface area contributed by atoms with Gasteiger partial charge in [-0.3, -0.25) is 14.6 Å². The fourth-order valence-electron chi connectivity index (χ4n) is 3.80. The Morgan fingerprint density at radius 1 is 1.24 bits per heavy atom. The van der Waals surface area contributed by atoms with Gasteiger partial charge in [-0.25, -0.2) is 0 Å². The number of benzene rings is 1. The average molecular weight is 412 g/mol. The molecule has 0 saturated carbocycles. The van der Waals surface area contributed by atoms with E-state index in [1.165, 1.54) is 0 Å². The zero-order valence-electron chi connectivity index (χ0n) is 16.5. The summed E-state index contributed by atoms with van der Waals surface area (Å²) in [5.41, 5.74) is 1.25. The van der Waals surface area contributed by atoms with Gasteiger partial charge in [0.1, 0.15) is 11.8 Å². The number of ether oxygens (including phenoxy) is 1. The Morgan fingerprint density at radius 2 is 2.07 bits per heavy atom. The first kappa shape index (κ1) is 19.8. The number of hydrazone groups is 1. The molecule has 7 heteroatoms. The molecule has 2 unspecified atom stereocenters. The number of carbonyl (C=O) groups is 2. The predicted octanol–water partition coefficient (Wildman–Crippen LogP) is 3.48. The van der Waals surface area contributed by atoms with E-state index in [2.05, 4.69) is 5.10 Å². The van der Waals surface area contributed by atoms with Crippen molar-refractivity contribution in [2.45, 2.75) is 44.9 Å². The van der Waals surface area contributed by atoms with Crippen molar-refractivity contribution in [3.63, 3.8) is 0 Å². The van der Waals surface area contributed by atoms with Crippen molar-refractivity contribution in [3.05, 3.63) is 52.7 Å². The summed E-state index contributed by atoms with van der Waals surface area (Å²) in [7, 11) is 0. The van der Waals surface area contributed by atoms with Crippen molar-refractivity contribution in [3.8, 4) is 0 Å². The summed E-state index contributed by atoms with van der Waals surface area (Å²) in [6, 6.07) is 13.1. The fraction of sp³-hybridized carbons (Fsp3) is 0.409. The van der Waals surface area contributed by atoms with E-state index in [-0.39, 0.29) is 17.8 Å². The molecule has 2 aliphatic rings. The Bertz CT molecular complexity index is 876. The van der Waals surface area contributed by atoms with Gasteiger partial charge < -0.3 is 9.64 Å². The summed E-state index contributed by atoms with van der Waals surface area (Å²) in [6.45, 7) is 3.39. The molecule has 0 aliphatic carbocycles. The lowest BCUT2D eigenvalue weighted by Crippen LogP contribution is -2.41. The third kappa shape index (κ3) is 4.57. The van der Waals surface area contributed by atoms with Crippen molar-refractivity contribution >= 4 is 34.4 Å². The fourth-order valence-corrected chi connectivity index (χ4v) is 4.52. The van der Waals surface area contributed by atoms with Gasteiger partial charge in [0.15, 0.2) is 5.78 Å². The molecule has 0 N–H and O–H groups in total. The molecule has 0 bridgehead atoms. The van der Waals surface area contributed by atoms with Gasteiger partial charge >= 0.3 is 0 Å². The van der Waals surface area contributed by atoms with Crippen LogP contribution in [0.4, 0.5) is 5.69 Å². The first-order valence-corrected chi connectivity index (χ1v) is 10.9. The highest BCUT2D eigenvalue weighted by molar-refractivity contribution is 7.09. The number of carbonyl (C=O) groups excluding carboxylic acids is 2. The number of hydrogen-bond acceptors (Lipinski definition) is 6. The van der Waals surface area contributed by atoms with Crippen LogP contribution in [0.15, 0.2) is 52.9 Å². The molecule has 1 aromatic heterocycles. The molecule has 2 aliphatic heterocycles. The summed E-state index contributed by atoms with van der Waals surface area (Å²) >= 11 is 1.63. The molecule has 4 rings (SSSR count). The Balaban J connectivity index is 1.57. The molecule has 0 spiro atoms. The van der Waals surface area contributed by atoms with E-state index in [9.17, 15) is 9.59 Å². The monoisotopic (exact) mass is 411 g/mol. The molecule has 29 heavy (non-hydrogen) atoms. The molecule has 152 valence electrons. The number of Topliss-reactive ketones (excluding diaryl/α,β-unsaturated/α-hetero) is 1. The predicted molar refractivity (Wildman–Crippen MR) is 114 cm³/mol. The van der Waals surface area contributed by atoms with Crippen LogP contribution < -0.4 is 5.01 Å². The minimum atomic E-state index is -0.442. The molecular formula is C22H25N3O3S. The molecule has 0 radical (unpaired) electrons. The van der Waals surface area contributed by atoms with Gasteiger partial charge in [0, 0.05) is 24.4 Å². The number of ketones is 1. The number of hydrogen-bond donors (Lipinski definition) is 0. The van der Waals surface area contributed by atoms with E-state index in [1.54, 1.807) is 23.3 Å². The summed E-state index contributed by atoms with van der Waals surface area (Å²) in [4.78, 5) is 28.6. The van der Waals surface area contributed by atoms with Crippen LogP contribution >= 0.6 is 11.3 Å². The normalized spacial score (nSPS) is 21.3. The highest BCUT2D eigenvalue weighted by Crippen LogP contribution is 2.26. The van der Waals surface area contributed by atoms with Crippen molar-refractivity contribution < 1.29 is 14.3 Å². The van der Waals surface area contributed by atoms with Crippen LogP contribution in [0.2, 0.25) is 0 Å². The van der Waals surface area contributed by atoms with Crippen LogP contribution in [0.3, 0.4) is 0 Å². The number of anilines is 1. The second-order valence-corrected chi connectivity index (χ2v) is 8.49. The van der Waals surface area contributed by atoms with Gasteiger partial charge in [-0.1, -0.05) is 24.3 Å². The van der Waals surface area contributed by atoms with E-state index in [1.807, 2.05) is 52.7 Å². The van der Waals surface area contributed by atoms with Crippen molar-refractivity contribution in [2.75, 3.05) is 18.2 Å². The Kier molecular flexibility index (Phi) is 6.06. The third-order valence-corrected chi connectivity index (χ3v) is 6.17. The van der Waals surface area contributed by atoms with Crippen LogP contribution in [-0.4, -0.2) is 47.6 Å². The zero-order valence-corrected chi connectivity index (χ0v) is 17.3. The highest BCUT2D eigenvalue weighted by Gasteiger charge is 2.36. The van der Waals surface area contributed by atoms with Gasteiger partial charge in [0.25, 0.3) is 5.91 Å². The van der Waals surface area contributed by atoms with Crippen molar-refractivity contribution in [1.29, 1.82) is 0 Å². The zero-order chi connectivity index (χ0) is 20.2. The first-order valence-electron chi connectivity index (χ1n) is 9.97. The second-order valence-electron chi connectivity index (χ2n) is 7.46. The smallest absolute Gasteiger partial charge is 0.270 e. The van der Waals surface area contributed by atoms with E-state index >= 15 is 0 Å². The Labute approximate surface area is 174 Å². The van der Waals surface area contributed by atoms with E-state index in [0.717, 1.165) is 30.0 Å². The molecule has 1 amide bonds. The molecule has 2 atom stereocenters. The van der Waals surface area contributed by atoms with E-state index in [4.69, 9.17) is 4.74 Å². The molecule has 3 heterocycles. The maximum Gasteiger partial charge on any atom is 0.270 e. The summed E-state index contributed by atoms with van der Waals surface area (Å²) < 4.78 is 5.77. The summed E-state index contributed by atoms with van der Waals surface area (Å²) in [5, 5.41) is 8.29. The topological polar surface area (TPSA) is 62.2 Å². The standard InChI is InChI=1S/C22H25N3O3S/c1-16(26)21-13-20(23-25(21)17-7-3-2-4-8-17)22(27)24(14-18-9-5-11-28-18)15-19-10-6-12-29-19/h2-4,6-8,10,12,18,21H,5,9,11,13-15H2,1H3. The van der Waals surface area contributed by atoms with Crippen molar-refractivity contribution in [2.24, 2.45) is 5.10 Å². The lowest BCUT2D eigenvalue weighted by Gasteiger charge is -2.25. The number of rotatable bonds is 7. The molecule has 1 aromatic carbocycles. The largest absolute Gasteiger partial charge is 0.376 e. The lowest BCUT2D eigenvalue weighted by molar-refractivity contribution is -0.126. The third-order valence-electron chi connectivity index (χ3n) is 5.31. The molecule has 6 nitrogen and oxygen atoms in total. The maximum absolute atomic E-state index is 13.4. The van der Waals surface area contributed by atoms with E-state index < -0.39 is 6.04 Å². The number of amides is 1. The number of thiophene rings is 1. The Hall–Kier alpha value is -2.51. The van der Waals surface area contributed by atoms with Crippen LogP contribution in [0, 0.1) is 0 Å². The Morgan fingerprint density at radius 3 is 2.72 bits per heavy atom. The quantitative estimate of drug-likeness (QED) is 0.700. The van der Waals surface area contributed by atoms with Crippen LogP contribution in [0.1, 0.15) is 31.1 Å². The van der Waals surface area contributed by atoms with Crippen molar-refractivity contribution in [1.82, 2.24) is 4.90 Å². The average Bonchev–Trinajstić information content (AvgIpc) is 3.49. The molecular weight excluding hydrogens is 386 g/mol. The number of nitrogens with zero attached hydrogens (tertiary/aromatic N) is 3. The van der Waals surface area contributed by atoms with Gasteiger partial charge in [0.2, 0.25) is 0 Å². The molecule has 1 saturated heterocycles. The van der Waals surface area contributed by atoms with Gasteiger partial charge in [-0.2, -0.15) is 5.10 Å².